The van der Waals surface area contributed by atoms with Crippen molar-refractivity contribution in [3.8, 4) is 0 Å². The quantitative estimate of drug-likeness (QED) is 0.670. The van der Waals surface area contributed by atoms with Gasteiger partial charge in [0.15, 0.2) is 0 Å². The van der Waals surface area contributed by atoms with Crippen molar-refractivity contribution in [1.82, 2.24) is 25.2 Å². The van der Waals surface area contributed by atoms with Crippen LogP contribution in [-0.4, -0.2) is 61.1 Å². The van der Waals surface area contributed by atoms with Crippen LogP contribution in [0.3, 0.4) is 0 Å². The largest absolute Gasteiger partial charge is 0.368 e. The van der Waals surface area contributed by atoms with Gasteiger partial charge in [-0.3, -0.25) is 4.90 Å². The lowest BCUT2D eigenvalue weighted by Gasteiger charge is -2.16. The molecule has 0 fully saturated rings. The molecule has 0 atom stereocenters. The highest BCUT2D eigenvalue weighted by Crippen LogP contribution is 2.06. The van der Waals surface area contributed by atoms with Gasteiger partial charge in [-0.05, 0) is 14.1 Å². The molecule has 96 valence electrons. The molecule has 0 unspecified atom stereocenters. The van der Waals surface area contributed by atoms with Gasteiger partial charge in [0.2, 0.25) is 11.9 Å². The highest BCUT2D eigenvalue weighted by Gasteiger charge is 2.08. The fourth-order valence-corrected chi connectivity index (χ4v) is 1.32. The molecule has 3 N–H and O–H groups in total. The lowest BCUT2D eigenvalue weighted by Crippen LogP contribution is -2.28. The van der Waals surface area contributed by atoms with Crippen LogP contribution in [0.5, 0.6) is 0 Å². The van der Waals surface area contributed by atoms with Crippen molar-refractivity contribution in [1.29, 1.82) is 0 Å². The minimum absolute atomic E-state index is 0.265. The number of aromatic nitrogens is 3. The molecule has 7 heteroatoms. The van der Waals surface area contributed by atoms with Crippen LogP contribution in [0.2, 0.25) is 0 Å². The summed E-state index contributed by atoms with van der Waals surface area (Å²) in [6.07, 6.45) is 0. The van der Waals surface area contributed by atoms with E-state index < -0.39 is 0 Å². The average molecular weight is 239 g/mol. The maximum atomic E-state index is 5.65. The van der Waals surface area contributed by atoms with Gasteiger partial charge < -0.3 is 16.0 Å². The van der Waals surface area contributed by atoms with E-state index in [1.807, 2.05) is 33.1 Å². The Labute approximate surface area is 102 Å². The molecule has 0 spiro atoms. The number of hydrogen-bond donors (Lipinski definition) is 2. The molecule has 0 aliphatic heterocycles. The summed E-state index contributed by atoms with van der Waals surface area (Å²) in [5.41, 5.74) is 5.65. The first-order valence-corrected chi connectivity index (χ1v) is 5.54. The van der Waals surface area contributed by atoms with Gasteiger partial charge in [0.05, 0.1) is 6.54 Å². The molecule has 0 bridgehead atoms. The number of likely N-dealkylation sites (N-methyl/N-ethyl adjacent to an activating group) is 2. The van der Waals surface area contributed by atoms with Crippen molar-refractivity contribution in [2.45, 2.75) is 6.54 Å². The fraction of sp³-hybridized carbons (Fsp3) is 0.700. The monoisotopic (exact) mass is 239 g/mol. The van der Waals surface area contributed by atoms with E-state index >= 15 is 0 Å². The maximum Gasteiger partial charge on any atom is 0.229 e. The zero-order valence-corrected chi connectivity index (χ0v) is 10.9. The second kappa shape index (κ2) is 6.31. The number of hydrogen-bond acceptors (Lipinski definition) is 7. The van der Waals surface area contributed by atoms with Gasteiger partial charge in [0.25, 0.3) is 0 Å². The van der Waals surface area contributed by atoms with Crippen molar-refractivity contribution in [2.24, 2.45) is 0 Å². The third kappa shape index (κ3) is 4.49. The third-order valence-corrected chi connectivity index (χ3v) is 2.24. The fourth-order valence-electron chi connectivity index (χ4n) is 1.32. The molecule has 1 rings (SSSR count). The molecule has 0 aliphatic carbocycles. The van der Waals surface area contributed by atoms with Crippen LogP contribution in [0.25, 0.3) is 0 Å². The van der Waals surface area contributed by atoms with Gasteiger partial charge in [0.1, 0.15) is 5.82 Å². The Balaban J connectivity index is 2.70. The summed E-state index contributed by atoms with van der Waals surface area (Å²) in [7, 11) is 7.71. The molecule has 7 nitrogen and oxygen atoms in total. The molecule has 0 radical (unpaired) electrons. The topological polar surface area (TPSA) is 83.2 Å². The first-order chi connectivity index (χ1) is 8.02. The van der Waals surface area contributed by atoms with Crippen molar-refractivity contribution in [3.05, 3.63) is 5.82 Å². The van der Waals surface area contributed by atoms with Gasteiger partial charge in [-0.25, -0.2) is 0 Å². The van der Waals surface area contributed by atoms with Crippen molar-refractivity contribution in [3.63, 3.8) is 0 Å². The first-order valence-electron chi connectivity index (χ1n) is 5.54. The zero-order valence-electron chi connectivity index (χ0n) is 10.9. The van der Waals surface area contributed by atoms with Crippen LogP contribution >= 0.6 is 0 Å². The first kappa shape index (κ1) is 13.6. The van der Waals surface area contributed by atoms with Crippen LogP contribution in [0.1, 0.15) is 5.82 Å². The van der Waals surface area contributed by atoms with Crippen molar-refractivity contribution in [2.75, 3.05) is 51.9 Å². The standard InChI is InChI=1S/C10H21N7/c1-12-5-6-17(4)7-8-13-9(11)15-10(14-8)16(2)3/h12H,5-7H2,1-4H3,(H2,11,13,14,15). The zero-order chi connectivity index (χ0) is 12.8. The molecular formula is C10H21N7. The van der Waals surface area contributed by atoms with E-state index in [2.05, 4.69) is 25.2 Å². The van der Waals surface area contributed by atoms with E-state index in [-0.39, 0.29) is 5.95 Å². The molecule has 1 aromatic heterocycles. The molecule has 0 aromatic carbocycles. The van der Waals surface area contributed by atoms with Crippen molar-refractivity contribution < 1.29 is 0 Å². The average Bonchev–Trinajstić information content (AvgIpc) is 2.25. The van der Waals surface area contributed by atoms with E-state index in [0.29, 0.717) is 18.3 Å². The Morgan fingerprint density at radius 1 is 1.18 bits per heavy atom. The SMILES string of the molecule is CNCCN(C)Cc1nc(N)nc(N(C)C)n1. The van der Waals surface area contributed by atoms with E-state index in [1.54, 1.807) is 0 Å². The van der Waals surface area contributed by atoms with Crippen LogP contribution in [0, 0.1) is 0 Å². The molecule has 0 amide bonds. The normalized spacial score (nSPS) is 10.9. The molecule has 0 saturated carbocycles. The summed E-state index contributed by atoms with van der Waals surface area (Å²) >= 11 is 0. The van der Waals surface area contributed by atoms with Gasteiger partial charge in [-0.2, -0.15) is 15.0 Å². The minimum Gasteiger partial charge on any atom is -0.368 e. The molecule has 17 heavy (non-hydrogen) atoms. The van der Waals surface area contributed by atoms with E-state index in [0.717, 1.165) is 13.1 Å². The lowest BCUT2D eigenvalue weighted by molar-refractivity contribution is 0.319. The van der Waals surface area contributed by atoms with Crippen molar-refractivity contribution >= 4 is 11.9 Å². The summed E-state index contributed by atoms with van der Waals surface area (Å²) in [6, 6.07) is 0. The predicted molar refractivity (Wildman–Crippen MR) is 68.8 cm³/mol. The molecule has 0 aliphatic rings. The van der Waals surface area contributed by atoms with E-state index in [1.165, 1.54) is 0 Å². The summed E-state index contributed by atoms with van der Waals surface area (Å²) < 4.78 is 0. The number of nitrogens with one attached hydrogen (secondary N) is 1. The Morgan fingerprint density at radius 2 is 1.88 bits per heavy atom. The molecule has 0 saturated heterocycles. The number of rotatable bonds is 6. The van der Waals surface area contributed by atoms with E-state index in [9.17, 15) is 0 Å². The lowest BCUT2D eigenvalue weighted by atomic mass is 10.4. The molecule has 1 heterocycles. The molecular weight excluding hydrogens is 218 g/mol. The van der Waals surface area contributed by atoms with Crippen LogP contribution in [0.4, 0.5) is 11.9 Å². The number of nitrogens with zero attached hydrogens (tertiary/aromatic N) is 5. The highest BCUT2D eigenvalue weighted by atomic mass is 15.3. The second-order valence-corrected chi connectivity index (χ2v) is 4.15. The minimum atomic E-state index is 0.265. The Bertz CT molecular complexity index is 353. The second-order valence-electron chi connectivity index (χ2n) is 4.15. The van der Waals surface area contributed by atoms with E-state index in [4.69, 9.17) is 5.73 Å². The number of nitrogens with two attached hydrogens (primary N) is 1. The maximum absolute atomic E-state index is 5.65. The Morgan fingerprint density at radius 3 is 2.47 bits per heavy atom. The Hall–Kier alpha value is -1.47. The Kier molecular flexibility index (Phi) is 5.05. The van der Waals surface area contributed by atoms with Gasteiger partial charge in [-0.1, -0.05) is 0 Å². The number of anilines is 2. The van der Waals surface area contributed by atoms with Crippen LogP contribution < -0.4 is 16.0 Å². The third-order valence-electron chi connectivity index (χ3n) is 2.24. The summed E-state index contributed by atoms with van der Waals surface area (Å²) in [4.78, 5) is 16.5. The highest BCUT2D eigenvalue weighted by molar-refractivity contribution is 5.32. The van der Waals surface area contributed by atoms with Gasteiger partial charge in [-0.15, -0.1) is 0 Å². The van der Waals surface area contributed by atoms with Gasteiger partial charge in [0, 0.05) is 27.2 Å². The number of nitrogen functional groups attached to an aromatic ring is 1. The van der Waals surface area contributed by atoms with Crippen LogP contribution in [0.15, 0.2) is 0 Å². The molecule has 1 aromatic rings. The van der Waals surface area contributed by atoms with Gasteiger partial charge >= 0.3 is 0 Å². The smallest absolute Gasteiger partial charge is 0.229 e. The summed E-state index contributed by atoms with van der Waals surface area (Å²) in [5.74, 6) is 1.55. The summed E-state index contributed by atoms with van der Waals surface area (Å²) in [6.45, 7) is 2.52. The predicted octanol–water partition coefficient (Wildman–Crippen LogP) is -0.829. The van der Waals surface area contributed by atoms with Crippen LogP contribution in [-0.2, 0) is 6.54 Å². The summed E-state index contributed by atoms with van der Waals surface area (Å²) in [5, 5.41) is 3.10.